The average Bonchev–Trinajstić information content (AvgIpc) is 3.70. The minimum Gasteiger partial charge on any atom is -0.458 e. The molecule has 12 heteroatoms. The lowest BCUT2D eigenvalue weighted by atomic mass is 9.98. The quantitative estimate of drug-likeness (QED) is 0.157. The summed E-state index contributed by atoms with van der Waals surface area (Å²) >= 11 is 13.4. The van der Waals surface area contributed by atoms with Gasteiger partial charge in [0.05, 0.1) is 19.5 Å². The van der Waals surface area contributed by atoms with E-state index in [9.17, 15) is 19.7 Å². The van der Waals surface area contributed by atoms with Gasteiger partial charge in [0, 0.05) is 40.6 Å². The number of rotatable bonds is 6. The zero-order valence-electron chi connectivity index (χ0n) is 22.0. The largest absolute Gasteiger partial charge is 0.458 e. The average molecular weight is 620 g/mol. The van der Waals surface area contributed by atoms with Crippen LogP contribution >= 0.6 is 34.5 Å². The number of Topliss-reactive ketones (excluding diaryl/α,β-unsaturated/α-hetero) is 1. The normalized spacial score (nSPS) is 15.0. The van der Waals surface area contributed by atoms with Crippen molar-refractivity contribution in [2.75, 3.05) is 0 Å². The lowest BCUT2D eigenvalue weighted by molar-refractivity contribution is -0.384. The van der Waals surface area contributed by atoms with E-state index in [2.05, 4.69) is 4.99 Å². The maximum Gasteiger partial charge on any atom is 0.271 e. The summed E-state index contributed by atoms with van der Waals surface area (Å²) in [5.74, 6) is 1.55. The van der Waals surface area contributed by atoms with Crippen LogP contribution in [0.1, 0.15) is 31.4 Å². The maximum absolute atomic E-state index is 13.8. The molecule has 6 rings (SSSR count). The summed E-state index contributed by atoms with van der Waals surface area (Å²) in [6.07, 6.45) is 1.60. The number of non-ortho nitro benzene ring substituents is 1. The molecule has 1 aliphatic rings. The molecule has 42 heavy (non-hydrogen) atoms. The highest BCUT2D eigenvalue weighted by molar-refractivity contribution is 7.07. The number of nitro benzene ring substituents is 1. The van der Waals surface area contributed by atoms with Gasteiger partial charge in [-0.15, -0.1) is 0 Å². The third-order valence-corrected chi connectivity index (χ3v) is 8.49. The lowest BCUT2D eigenvalue weighted by Gasteiger charge is -2.22. The number of benzene rings is 2. The zero-order chi connectivity index (χ0) is 29.7. The van der Waals surface area contributed by atoms with Crippen LogP contribution in [0.4, 0.5) is 5.69 Å². The van der Waals surface area contributed by atoms with E-state index in [1.54, 1.807) is 67.6 Å². The van der Waals surface area contributed by atoms with Gasteiger partial charge in [0.1, 0.15) is 29.1 Å². The summed E-state index contributed by atoms with van der Waals surface area (Å²) in [7, 11) is 0. The first-order valence-corrected chi connectivity index (χ1v) is 14.1. The highest BCUT2D eigenvalue weighted by atomic mass is 35.5. The molecule has 0 saturated heterocycles. The minimum absolute atomic E-state index is 0.0259. The number of hydrogen-bond donors (Lipinski definition) is 0. The highest BCUT2D eigenvalue weighted by Crippen LogP contribution is 2.35. The maximum atomic E-state index is 13.8. The predicted octanol–water partition coefficient (Wildman–Crippen LogP) is 6.56. The third-order valence-electron chi connectivity index (χ3n) is 6.76. The van der Waals surface area contributed by atoms with Gasteiger partial charge >= 0.3 is 0 Å². The fourth-order valence-electron chi connectivity index (χ4n) is 4.81. The van der Waals surface area contributed by atoms with Crippen LogP contribution in [0.2, 0.25) is 10.0 Å². The Balaban J connectivity index is 1.42. The molecule has 5 aromatic rings. The molecule has 0 saturated carbocycles. The molecule has 9 nitrogen and oxygen atoms in total. The summed E-state index contributed by atoms with van der Waals surface area (Å²) < 4.78 is 13.9. The lowest BCUT2D eigenvalue weighted by Crippen LogP contribution is -2.39. The van der Waals surface area contributed by atoms with Crippen molar-refractivity contribution >= 4 is 52.1 Å². The Kier molecular flexibility index (Phi) is 7.05. The van der Waals surface area contributed by atoms with Crippen molar-refractivity contribution in [1.29, 1.82) is 0 Å². The molecule has 0 radical (unpaired) electrons. The van der Waals surface area contributed by atoms with E-state index in [-0.39, 0.29) is 17.0 Å². The summed E-state index contributed by atoms with van der Waals surface area (Å²) in [6, 6.07) is 17.2. The van der Waals surface area contributed by atoms with E-state index in [1.807, 2.05) is 0 Å². The van der Waals surface area contributed by atoms with Crippen LogP contribution in [0.5, 0.6) is 0 Å². The molecule has 0 aliphatic carbocycles. The summed E-state index contributed by atoms with van der Waals surface area (Å²) in [5, 5.41) is 11.7. The van der Waals surface area contributed by atoms with Gasteiger partial charge in [-0.25, -0.2) is 4.99 Å². The molecule has 4 heterocycles. The molecule has 2 aromatic carbocycles. The second-order valence-corrected chi connectivity index (χ2v) is 11.3. The molecule has 1 atom stereocenters. The second-order valence-electron chi connectivity index (χ2n) is 9.47. The second kappa shape index (κ2) is 10.7. The minimum atomic E-state index is -0.829. The van der Waals surface area contributed by atoms with Gasteiger partial charge in [-0.2, -0.15) is 0 Å². The van der Waals surface area contributed by atoms with Crippen molar-refractivity contribution in [1.82, 2.24) is 4.57 Å². The molecular weight excluding hydrogens is 601 g/mol. The van der Waals surface area contributed by atoms with Crippen LogP contribution in [-0.4, -0.2) is 15.3 Å². The van der Waals surface area contributed by atoms with Crippen molar-refractivity contribution in [3.05, 3.63) is 129 Å². The van der Waals surface area contributed by atoms with Gasteiger partial charge in [-0.1, -0.05) is 34.5 Å². The first-order valence-electron chi connectivity index (χ1n) is 12.5. The number of carbonyl (C=O) groups excluding carboxylic acids is 1. The van der Waals surface area contributed by atoms with Crippen molar-refractivity contribution < 1.29 is 18.6 Å². The Labute approximate surface area is 251 Å². The molecule has 0 amide bonds. The van der Waals surface area contributed by atoms with Crippen LogP contribution in [-0.2, 0) is 4.79 Å². The van der Waals surface area contributed by atoms with Crippen LogP contribution in [0.15, 0.2) is 96.6 Å². The first-order chi connectivity index (χ1) is 20.1. The molecule has 0 unspecified atom stereocenters. The van der Waals surface area contributed by atoms with E-state index in [1.165, 1.54) is 23.6 Å². The van der Waals surface area contributed by atoms with Crippen LogP contribution < -0.4 is 14.9 Å². The third kappa shape index (κ3) is 4.94. The zero-order valence-corrected chi connectivity index (χ0v) is 24.3. The molecule has 0 bridgehead atoms. The number of nitrogens with zero attached hydrogens (tertiary/aromatic N) is 3. The molecule has 0 spiro atoms. The summed E-state index contributed by atoms with van der Waals surface area (Å²) in [6.45, 7) is 3.16. The molecule has 0 fully saturated rings. The van der Waals surface area contributed by atoms with Crippen molar-refractivity contribution in [2.24, 2.45) is 4.99 Å². The number of furan rings is 2. The van der Waals surface area contributed by atoms with Gasteiger partial charge in [0.2, 0.25) is 0 Å². The topological polar surface area (TPSA) is 121 Å². The van der Waals surface area contributed by atoms with Gasteiger partial charge in [-0.05, 0) is 68.4 Å². The number of halogens is 2. The van der Waals surface area contributed by atoms with Gasteiger partial charge in [-0.3, -0.25) is 24.3 Å². The number of thiazole rings is 1. The number of carbonyl (C=O) groups is 1. The summed E-state index contributed by atoms with van der Waals surface area (Å²) in [4.78, 5) is 42.0. The van der Waals surface area contributed by atoms with Gasteiger partial charge in [0.25, 0.3) is 11.2 Å². The van der Waals surface area contributed by atoms with Crippen molar-refractivity contribution in [3.63, 3.8) is 0 Å². The predicted molar refractivity (Wildman–Crippen MR) is 159 cm³/mol. The van der Waals surface area contributed by atoms with Crippen molar-refractivity contribution in [3.8, 4) is 22.6 Å². The van der Waals surface area contributed by atoms with E-state index < -0.39 is 11.0 Å². The Morgan fingerprint density at radius 3 is 2.38 bits per heavy atom. The highest BCUT2D eigenvalue weighted by Gasteiger charge is 2.33. The Morgan fingerprint density at radius 2 is 1.69 bits per heavy atom. The number of fused-ring (bicyclic) bond motifs is 1. The standard InChI is InChI=1S/C30H19Cl2N3O6S/c1-15-27(16(2)36)28(25-12-11-24(41-25)18-5-9-21(31)22(32)13-18)34-29(37)26(42-30(34)33-15)14-20-8-10-23(40-20)17-3-6-19(7-4-17)35(38)39/h3-14,28H,1-2H3/b26-14+/t28-/m1/s1. The first kappa shape index (κ1) is 27.6. The smallest absolute Gasteiger partial charge is 0.271 e. The monoisotopic (exact) mass is 619 g/mol. The number of aromatic nitrogens is 1. The van der Waals surface area contributed by atoms with Crippen LogP contribution in [0.3, 0.4) is 0 Å². The number of ketones is 1. The summed E-state index contributed by atoms with van der Waals surface area (Å²) in [5.41, 5.74) is 1.79. The van der Waals surface area contributed by atoms with E-state index >= 15 is 0 Å². The Hall–Kier alpha value is -4.51. The van der Waals surface area contributed by atoms with E-state index in [0.717, 1.165) is 11.3 Å². The number of hydrogen-bond acceptors (Lipinski definition) is 8. The molecule has 210 valence electrons. The van der Waals surface area contributed by atoms with Crippen LogP contribution in [0, 0.1) is 10.1 Å². The molecule has 1 aliphatic heterocycles. The Morgan fingerprint density at radius 1 is 1.00 bits per heavy atom. The van der Waals surface area contributed by atoms with Gasteiger partial charge in [0.15, 0.2) is 10.6 Å². The number of nitro groups is 1. The van der Waals surface area contributed by atoms with E-state index in [0.29, 0.717) is 64.8 Å². The molecular formula is C30H19Cl2N3O6S. The SMILES string of the molecule is CC(=O)C1=C(C)N=c2s/c(=C/c3ccc(-c4ccc([N+](=O)[O-])cc4)o3)c(=O)n2[C@@H]1c1ccc(-c2ccc(Cl)c(Cl)c2)o1. The van der Waals surface area contributed by atoms with Crippen LogP contribution in [0.25, 0.3) is 28.7 Å². The van der Waals surface area contributed by atoms with E-state index in [4.69, 9.17) is 32.0 Å². The Bertz CT molecular complexity index is 2120. The molecule has 0 N–H and O–H groups in total. The molecule has 3 aromatic heterocycles. The van der Waals surface area contributed by atoms with Gasteiger partial charge < -0.3 is 8.83 Å². The number of allylic oxidation sites excluding steroid dienone is 2. The van der Waals surface area contributed by atoms with Crippen molar-refractivity contribution in [2.45, 2.75) is 19.9 Å². The fraction of sp³-hybridized carbons (Fsp3) is 0.100. The fourth-order valence-corrected chi connectivity index (χ4v) is 6.13.